The summed E-state index contributed by atoms with van der Waals surface area (Å²) in [5.74, 6) is 0. The summed E-state index contributed by atoms with van der Waals surface area (Å²) in [6.07, 6.45) is 7.54. The first kappa shape index (κ1) is 13.2. The Bertz CT molecular complexity index is 538. The Morgan fingerprint density at radius 2 is 2.50 bits per heavy atom. The molecule has 3 rings (SSSR count). The lowest BCUT2D eigenvalue weighted by molar-refractivity contribution is 0.192. The molecule has 0 spiro atoms. The molecule has 0 radical (unpaired) electrons. The van der Waals surface area contributed by atoms with Crippen molar-refractivity contribution in [3.05, 3.63) is 41.1 Å². The number of carbonyl (C=O) groups excluding carboxylic acids is 1. The first-order chi connectivity index (χ1) is 9.84. The predicted octanol–water partition coefficient (Wildman–Crippen LogP) is 2.49. The highest BCUT2D eigenvalue weighted by Gasteiger charge is 2.29. The van der Waals surface area contributed by atoms with Gasteiger partial charge in [0.15, 0.2) is 0 Å². The molecule has 2 aromatic heterocycles. The average Bonchev–Trinajstić information content (AvgIpc) is 3.19. The van der Waals surface area contributed by atoms with Crippen molar-refractivity contribution in [1.29, 1.82) is 0 Å². The number of hydrogen-bond donors (Lipinski definition) is 1. The highest BCUT2D eigenvalue weighted by molar-refractivity contribution is 7.07. The van der Waals surface area contributed by atoms with Crippen molar-refractivity contribution in [3.63, 3.8) is 0 Å². The lowest BCUT2D eigenvalue weighted by Crippen LogP contribution is -2.40. The molecule has 2 aromatic rings. The fraction of sp³-hybridized carbons (Fsp3) is 0.429. The third-order valence-corrected chi connectivity index (χ3v) is 4.35. The highest BCUT2D eigenvalue weighted by Crippen LogP contribution is 2.32. The molecule has 1 aliphatic rings. The van der Waals surface area contributed by atoms with Crippen molar-refractivity contribution in [1.82, 2.24) is 19.8 Å². The number of hydrogen-bond acceptors (Lipinski definition) is 3. The van der Waals surface area contributed by atoms with Gasteiger partial charge in [0.05, 0.1) is 12.4 Å². The van der Waals surface area contributed by atoms with Gasteiger partial charge in [-0.15, -0.1) is 0 Å². The number of amides is 2. The van der Waals surface area contributed by atoms with Gasteiger partial charge in [0.25, 0.3) is 0 Å². The molecule has 2 amide bonds. The quantitative estimate of drug-likeness (QED) is 0.940. The molecule has 0 unspecified atom stereocenters. The van der Waals surface area contributed by atoms with Crippen LogP contribution in [0, 0.1) is 0 Å². The van der Waals surface area contributed by atoms with Crippen LogP contribution in [0.4, 0.5) is 4.79 Å². The van der Waals surface area contributed by atoms with Crippen LogP contribution in [-0.4, -0.2) is 33.6 Å². The normalized spacial score (nSPS) is 18.4. The maximum atomic E-state index is 12.3. The van der Waals surface area contributed by atoms with Crippen LogP contribution < -0.4 is 5.32 Å². The molecule has 1 atom stereocenters. The minimum absolute atomic E-state index is 0.0406. The number of thiophene rings is 1. The Balaban J connectivity index is 1.53. The highest BCUT2D eigenvalue weighted by atomic mass is 32.1. The second-order valence-corrected chi connectivity index (χ2v) is 5.72. The standard InChI is InChI=1S/C14H18N4OS/c19-14(16-5-8-17-7-4-15-11-17)18-6-1-2-13(18)12-3-9-20-10-12/h3-4,7,9-11,13H,1-2,5-6,8H2,(H,16,19)/t13-/m0/s1. The maximum absolute atomic E-state index is 12.3. The number of rotatable bonds is 4. The van der Waals surface area contributed by atoms with E-state index >= 15 is 0 Å². The molecule has 0 bridgehead atoms. The first-order valence-electron chi connectivity index (χ1n) is 6.87. The summed E-state index contributed by atoms with van der Waals surface area (Å²) in [4.78, 5) is 18.2. The summed E-state index contributed by atoms with van der Waals surface area (Å²) in [5.41, 5.74) is 1.26. The molecule has 5 nitrogen and oxygen atoms in total. The van der Waals surface area contributed by atoms with Gasteiger partial charge < -0.3 is 14.8 Å². The lowest BCUT2D eigenvalue weighted by Gasteiger charge is -2.24. The summed E-state index contributed by atoms with van der Waals surface area (Å²) in [6.45, 7) is 2.22. The number of nitrogens with zero attached hydrogens (tertiary/aromatic N) is 3. The van der Waals surface area contributed by atoms with E-state index in [-0.39, 0.29) is 12.1 Å². The van der Waals surface area contributed by atoms with Gasteiger partial charge >= 0.3 is 6.03 Å². The van der Waals surface area contributed by atoms with Crippen LogP contribution in [0.2, 0.25) is 0 Å². The molecule has 0 aliphatic carbocycles. The van der Waals surface area contributed by atoms with E-state index in [1.54, 1.807) is 23.9 Å². The monoisotopic (exact) mass is 290 g/mol. The topological polar surface area (TPSA) is 50.2 Å². The van der Waals surface area contributed by atoms with E-state index in [9.17, 15) is 4.79 Å². The zero-order valence-electron chi connectivity index (χ0n) is 11.2. The summed E-state index contributed by atoms with van der Waals surface area (Å²) in [5, 5.41) is 7.21. The van der Waals surface area contributed by atoms with Crippen LogP contribution in [0.5, 0.6) is 0 Å². The lowest BCUT2D eigenvalue weighted by atomic mass is 10.1. The Morgan fingerprint density at radius 1 is 1.55 bits per heavy atom. The van der Waals surface area contributed by atoms with Crippen molar-refractivity contribution in [2.24, 2.45) is 0 Å². The van der Waals surface area contributed by atoms with E-state index in [0.717, 1.165) is 25.9 Å². The van der Waals surface area contributed by atoms with Crippen molar-refractivity contribution >= 4 is 17.4 Å². The number of aromatic nitrogens is 2. The number of urea groups is 1. The SMILES string of the molecule is O=C(NCCn1ccnc1)N1CCC[C@H]1c1ccsc1. The minimum atomic E-state index is 0.0406. The third kappa shape index (κ3) is 2.85. The zero-order chi connectivity index (χ0) is 13.8. The van der Waals surface area contributed by atoms with Crippen LogP contribution in [0.25, 0.3) is 0 Å². The van der Waals surface area contributed by atoms with Gasteiger partial charge in [-0.05, 0) is 35.2 Å². The maximum Gasteiger partial charge on any atom is 0.317 e. The van der Waals surface area contributed by atoms with Crippen molar-refractivity contribution < 1.29 is 4.79 Å². The average molecular weight is 290 g/mol. The third-order valence-electron chi connectivity index (χ3n) is 3.65. The first-order valence-corrected chi connectivity index (χ1v) is 7.81. The van der Waals surface area contributed by atoms with E-state index in [2.05, 4.69) is 27.1 Å². The van der Waals surface area contributed by atoms with Gasteiger partial charge in [0, 0.05) is 32.0 Å². The fourth-order valence-electron chi connectivity index (χ4n) is 2.63. The molecule has 0 saturated carbocycles. The molecule has 0 aromatic carbocycles. The molecular weight excluding hydrogens is 272 g/mol. The van der Waals surface area contributed by atoms with Gasteiger partial charge in [0.1, 0.15) is 0 Å². The van der Waals surface area contributed by atoms with Crippen LogP contribution in [0.15, 0.2) is 35.5 Å². The van der Waals surface area contributed by atoms with Gasteiger partial charge in [-0.1, -0.05) is 0 Å². The van der Waals surface area contributed by atoms with Crippen LogP contribution in [-0.2, 0) is 6.54 Å². The smallest absolute Gasteiger partial charge is 0.317 e. The fourth-order valence-corrected chi connectivity index (χ4v) is 3.34. The predicted molar refractivity (Wildman–Crippen MR) is 78.6 cm³/mol. The second kappa shape index (κ2) is 6.09. The number of nitrogens with one attached hydrogen (secondary N) is 1. The van der Waals surface area contributed by atoms with Gasteiger partial charge in [0.2, 0.25) is 0 Å². The van der Waals surface area contributed by atoms with E-state index in [0.29, 0.717) is 6.54 Å². The Hall–Kier alpha value is -1.82. The van der Waals surface area contributed by atoms with Gasteiger partial charge in [-0.3, -0.25) is 0 Å². The Labute approximate surface area is 122 Å². The van der Waals surface area contributed by atoms with E-state index in [1.165, 1.54) is 5.56 Å². The number of imidazole rings is 1. The molecule has 1 N–H and O–H groups in total. The van der Waals surface area contributed by atoms with E-state index < -0.39 is 0 Å². The molecule has 1 aliphatic heterocycles. The molecule has 1 fully saturated rings. The number of carbonyl (C=O) groups is 1. The molecule has 20 heavy (non-hydrogen) atoms. The number of likely N-dealkylation sites (tertiary alicyclic amines) is 1. The van der Waals surface area contributed by atoms with Gasteiger partial charge in [-0.2, -0.15) is 11.3 Å². The van der Waals surface area contributed by atoms with E-state index in [1.807, 2.05) is 15.7 Å². The summed E-state index contributed by atoms with van der Waals surface area (Å²) in [7, 11) is 0. The molecule has 1 saturated heterocycles. The van der Waals surface area contributed by atoms with Crippen molar-refractivity contribution in [2.75, 3.05) is 13.1 Å². The minimum Gasteiger partial charge on any atom is -0.336 e. The molecule has 3 heterocycles. The molecular formula is C14H18N4OS. The largest absolute Gasteiger partial charge is 0.336 e. The van der Waals surface area contributed by atoms with Crippen molar-refractivity contribution in [3.8, 4) is 0 Å². The van der Waals surface area contributed by atoms with E-state index in [4.69, 9.17) is 0 Å². The Kier molecular flexibility index (Phi) is 4.01. The van der Waals surface area contributed by atoms with Crippen LogP contribution >= 0.6 is 11.3 Å². The van der Waals surface area contributed by atoms with Gasteiger partial charge in [-0.25, -0.2) is 9.78 Å². The molecule has 106 valence electrons. The second-order valence-electron chi connectivity index (χ2n) is 4.94. The Morgan fingerprint density at radius 3 is 3.25 bits per heavy atom. The zero-order valence-corrected chi connectivity index (χ0v) is 12.1. The van der Waals surface area contributed by atoms with Crippen molar-refractivity contribution in [2.45, 2.75) is 25.4 Å². The summed E-state index contributed by atoms with van der Waals surface area (Å²) < 4.78 is 1.96. The summed E-state index contributed by atoms with van der Waals surface area (Å²) >= 11 is 1.69. The summed E-state index contributed by atoms with van der Waals surface area (Å²) in [6, 6.07) is 2.40. The van der Waals surface area contributed by atoms with Crippen LogP contribution in [0.1, 0.15) is 24.4 Å². The molecule has 6 heteroatoms. The van der Waals surface area contributed by atoms with Crippen LogP contribution in [0.3, 0.4) is 0 Å².